The van der Waals surface area contributed by atoms with Gasteiger partial charge in [0, 0.05) is 6.20 Å². The summed E-state index contributed by atoms with van der Waals surface area (Å²) in [7, 11) is 0. The number of hydrogen-bond acceptors (Lipinski definition) is 3. The molecule has 1 heterocycles. The molecule has 1 aromatic heterocycles. The lowest BCUT2D eigenvalue weighted by Gasteiger charge is -2.17. The number of rotatable bonds is 3. The molecule has 0 aliphatic carbocycles. The summed E-state index contributed by atoms with van der Waals surface area (Å²) in [5.74, 6) is 4.03. The number of nitrogens with two attached hydrogens (primary N) is 1. The fourth-order valence-corrected chi connectivity index (χ4v) is 1.84. The summed E-state index contributed by atoms with van der Waals surface area (Å²) in [6, 6.07) is 7.01. The van der Waals surface area contributed by atoms with Gasteiger partial charge in [-0.2, -0.15) is 13.2 Å². The minimum Gasteiger partial charge on any atom is -0.271 e. The van der Waals surface area contributed by atoms with E-state index in [4.69, 9.17) is 5.84 Å². The number of hydrazine groups is 1. The van der Waals surface area contributed by atoms with E-state index in [9.17, 15) is 17.6 Å². The molecule has 0 saturated heterocycles. The van der Waals surface area contributed by atoms with Crippen LogP contribution in [0.25, 0.3) is 0 Å². The highest BCUT2D eigenvalue weighted by molar-refractivity contribution is 5.32. The Morgan fingerprint density at radius 2 is 1.90 bits per heavy atom. The Balaban J connectivity index is 2.40. The number of nitrogens with zero attached hydrogens (tertiary/aromatic N) is 1. The minimum atomic E-state index is -4.72. The predicted molar refractivity (Wildman–Crippen MR) is 64.8 cm³/mol. The molecule has 0 radical (unpaired) electrons. The average molecular weight is 285 g/mol. The van der Waals surface area contributed by atoms with E-state index in [1.165, 1.54) is 12.3 Å². The van der Waals surface area contributed by atoms with E-state index in [2.05, 4.69) is 10.4 Å². The van der Waals surface area contributed by atoms with Crippen LogP contribution in [0.1, 0.15) is 22.9 Å². The van der Waals surface area contributed by atoms with Crippen molar-refractivity contribution in [2.24, 2.45) is 5.84 Å². The number of aromatic nitrogens is 1. The highest BCUT2D eigenvalue weighted by Crippen LogP contribution is 2.33. The van der Waals surface area contributed by atoms with E-state index in [1.54, 1.807) is 18.2 Å². The van der Waals surface area contributed by atoms with Gasteiger partial charge in [0.1, 0.15) is 5.82 Å². The third kappa shape index (κ3) is 2.94. The summed E-state index contributed by atoms with van der Waals surface area (Å²) >= 11 is 0. The fraction of sp³-hybridized carbons (Fsp3) is 0.154. The topological polar surface area (TPSA) is 50.9 Å². The van der Waals surface area contributed by atoms with Gasteiger partial charge in [-0.25, -0.2) is 9.82 Å². The number of pyridine rings is 1. The standard InChI is InChI=1S/C13H11F4N3/c14-10-7-8(4-5-9(10)13(15,16)17)12(20-18)11-3-1-2-6-19-11/h1-7,12,20H,18H2. The maximum atomic E-state index is 13.5. The third-order valence-corrected chi connectivity index (χ3v) is 2.78. The largest absolute Gasteiger partial charge is 0.419 e. The second kappa shape index (κ2) is 5.56. The lowest BCUT2D eigenvalue weighted by molar-refractivity contribution is -0.140. The van der Waals surface area contributed by atoms with Crippen molar-refractivity contribution < 1.29 is 17.6 Å². The first-order valence-corrected chi connectivity index (χ1v) is 5.67. The van der Waals surface area contributed by atoms with Crippen LogP contribution in [0.2, 0.25) is 0 Å². The Kier molecular flexibility index (Phi) is 4.01. The molecule has 0 aliphatic rings. The van der Waals surface area contributed by atoms with Crippen LogP contribution in [-0.2, 0) is 6.18 Å². The van der Waals surface area contributed by atoms with Crippen molar-refractivity contribution in [1.82, 2.24) is 10.4 Å². The van der Waals surface area contributed by atoms with Crippen molar-refractivity contribution in [3.63, 3.8) is 0 Å². The third-order valence-electron chi connectivity index (χ3n) is 2.78. The van der Waals surface area contributed by atoms with Gasteiger partial charge >= 0.3 is 6.18 Å². The summed E-state index contributed by atoms with van der Waals surface area (Å²) in [4.78, 5) is 4.04. The van der Waals surface area contributed by atoms with Gasteiger partial charge in [-0.15, -0.1) is 0 Å². The number of alkyl halides is 3. The summed E-state index contributed by atoms with van der Waals surface area (Å²) in [5.41, 5.74) is 1.84. The molecule has 7 heteroatoms. The van der Waals surface area contributed by atoms with E-state index in [0.717, 1.165) is 6.07 Å². The van der Waals surface area contributed by atoms with Crippen molar-refractivity contribution in [1.29, 1.82) is 0 Å². The molecule has 0 spiro atoms. The zero-order valence-corrected chi connectivity index (χ0v) is 10.2. The van der Waals surface area contributed by atoms with Crippen LogP contribution >= 0.6 is 0 Å². The van der Waals surface area contributed by atoms with Gasteiger partial charge in [0.25, 0.3) is 0 Å². The molecule has 0 amide bonds. The first-order chi connectivity index (χ1) is 9.43. The SMILES string of the molecule is NNC(c1ccc(C(F)(F)F)c(F)c1)c1ccccn1. The fourth-order valence-electron chi connectivity index (χ4n) is 1.84. The van der Waals surface area contributed by atoms with Crippen LogP contribution in [0.5, 0.6) is 0 Å². The molecule has 0 fully saturated rings. The molecular formula is C13H11F4N3. The number of hydrogen-bond donors (Lipinski definition) is 2. The minimum absolute atomic E-state index is 0.261. The molecule has 2 aromatic rings. The quantitative estimate of drug-likeness (QED) is 0.518. The summed E-state index contributed by atoms with van der Waals surface area (Å²) < 4.78 is 51.0. The van der Waals surface area contributed by atoms with E-state index in [-0.39, 0.29) is 5.56 Å². The van der Waals surface area contributed by atoms with Gasteiger partial charge in [-0.1, -0.05) is 12.1 Å². The first-order valence-electron chi connectivity index (χ1n) is 5.67. The van der Waals surface area contributed by atoms with Gasteiger partial charge in [0.2, 0.25) is 0 Å². The van der Waals surface area contributed by atoms with Gasteiger partial charge in [-0.05, 0) is 29.8 Å². The van der Waals surface area contributed by atoms with Gasteiger partial charge in [0.05, 0.1) is 17.3 Å². The molecule has 1 unspecified atom stereocenters. The highest BCUT2D eigenvalue weighted by atomic mass is 19.4. The molecule has 0 saturated carbocycles. The molecule has 20 heavy (non-hydrogen) atoms. The Hall–Kier alpha value is -1.99. The molecule has 2 rings (SSSR count). The maximum Gasteiger partial charge on any atom is 0.419 e. The Labute approximate surface area is 112 Å². The van der Waals surface area contributed by atoms with Crippen LogP contribution in [0.3, 0.4) is 0 Å². The smallest absolute Gasteiger partial charge is 0.271 e. The van der Waals surface area contributed by atoms with Gasteiger partial charge in [-0.3, -0.25) is 10.8 Å². The van der Waals surface area contributed by atoms with E-state index in [1.807, 2.05) is 0 Å². The molecule has 106 valence electrons. The van der Waals surface area contributed by atoms with Crippen LogP contribution in [0, 0.1) is 5.82 Å². The summed E-state index contributed by atoms with van der Waals surface area (Å²) in [6.45, 7) is 0. The number of halogens is 4. The van der Waals surface area contributed by atoms with E-state index >= 15 is 0 Å². The van der Waals surface area contributed by atoms with E-state index < -0.39 is 23.6 Å². The molecule has 0 aliphatic heterocycles. The Morgan fingerprint density at radius 3 is 2.40 bits per heavy atom. The molecule has 0 bridgehead atoms. The second-order valence-electron chi connectivity index (χ2n) is 4.09. The average Bonchev–Trinajstić information content (AvgIpc) is 2.39. The summed E-state index contributed by atoms with van der Waals surface area (Å²) in [5, 5.41) is 0. The van der Waals surface area contributed by atoms with E-state index in [0.29, 0.717) is 11.8 Å². The van der Waals surface area contributed by atoms with Crippen LogP contribution < -0.4 is 11.3 Å². The Morgan fingerprint density at radius 1 is 1.15 bits per heavy atom. The number of nitrogens with one attached hydrogen (secondary N) is 1. The van der Waals surface area contributed by atoms with Crippen LogP contribution in [0.15, 0.2) is 42.6 Å². The highest BCUT2D eigenvalue weighted by Gasteiger charge is 2.34. The first kappa shape index (κ1) is 14.4. The summed E-state index contributed by atoms with van der Waals surface area (Å²) in [6.07, 6.45) is -3.21. The molecular weight excluding hydrogens is 274 g/mol. The molecule has 3 nitrogen and oxygen atoms in total. The predicted octanol–water partition coefficient (Wildman–Crippen LogP) is 2.79. The molecule has 3 N–H and O–H groups in total. The van der Waals surface area contributed by atoms with Crippen molar-refractivity contribution in [3.05, 3.63) is 65.2 Å². The zero-order valence-electron chi connectivity index (χ0n) is 10.2. The Bertz CT molecular complexity index is 584. The van der Waals surface area contributed by atoms with Crippen molar-refractivity contribution in [2.45, 2.75) is 12.2 Å². The zero-order chi connectivity index (χ0) is 14.8. The molecule has 1 atom stereocenters. The van der Waals surface area contributed by atoms with Crippen molar-refractivity contribution >= 4 is 0 Å². The van der Waals surface area contributed by atoms with Crippen LogP contribution in [0.4, 0.5) is 17.6 Å². The molecule has 1 aromatic carbocycles. The second-order valence-corrected chi connectivity index (χ2v) is 4.09. The number of benzene rings is 1. The van der Waals surface area contributed by atoms with Gasteiger partial charge < -0.3 is 0 Å². The van der Waals surface area contributed by atoms with Crippen LogP contribution in [-0.4, -0.2) is 4.98 Å². The van der Waals surface area contributed by atoms with Gasteiger partial charge in [0.15, 0.2) is 0 Å². The normalized spacial score (nSPS) is 13.2. The lowest BCUT2D eigenvalue weighted by Crippen LogP contribution is -2.29. The maximum absolute atomic E-state index is 13.5. The van der Waals surface area contributed by atoms with Crippen molar-refractivity contribution in [3.8, 4) is 0 Å². The lowest BCUT2D eigenvalue weighted by atomic mass is 10.0. The monoisotopic (exact) mass is 285 g/mol. The van der Waals surface area contributed by atoms with Crippen molar-refractivity contribution in [2.75, 3.05) is 0 Å².